The van der Waals surface area contributed by atoms with Crippen LogP contribution < -0.4 is 10.1 Å². The second-order valence-electron chi connectivity index (χ2n) is 7.67. The van der Waals surface area contributed by atoms with Gasteiger partial charge in [0.05, 0.1) is 31.2 Å². The molecule has 0 bridgehead atoms. The number of fused-ring (bicyclic) bond motifs is 2. The number of ether oxygens (including phenoxy) is 2. The third-order valence-corrected chi connectivity index (χ3v) is 5.66. The maximum atomic E-state index is 12.9. The van der Waals surface area contributed by atoms with Crippen molar-refractivity contribution in [2.24, 2.45) is 11.8 Å². The Morgan fingerprint density at radius 1 is 1.26 bits per heavy atom. The van der Waals surface area contributed by atoms with Gasteiger partial charge in [-0.2, -0.15) is 13.2 Å². The summed E-state index contributed by atoms with van der Waals surface area (Å²) in [5.41, 5.74) is 0.484. The number of pyridine rings is 2. The van der Waals surface area contributed by atoms with E-state index in [0.29, 0.717) is 41.4 Å². The molecule has 1 saturated carbocycles. The van der Waals surface area contributed by atoms with E-state index in [-0.39, 0.29) is 5.69 Å². The van der Waals surface area contributed by atoms with Crippen LogP contribution in [0, 0.1) is 11.8 Å². The van der Waals surface area contributed by atoms with Gasteiger partial charge in [-0.1, -0.05) is 6.07 Å². The average Bonchev–Trinajstić information content (AvgIpc) is 3.07. The summed E-state index contributed by atoms with van der Waals surface area (Å²) in [6.07, 6.45) is -1.07. The maximum absolute atomic E-state index is 12.9. The molecule has 1 aliphatic heterocycles. The van der Waals surface area contributed by atoms with Crippen molar-refractivity contribution in [3.8, 4) is 5.75 Å². The first-order chi connectivity index (χ1) is 14.8. The number of halogens is 3. The lowest BCUT2D eigenvalue weighted by Crippen LogP contribution is -2.17. The number of nitrogens with zero attached hydrogens (tertiary/aromatic N) is 3. The highest BCUT2D eigenvalue weighted by molar-refractivity contribution is 6.03. The van der Waals surface area contributed by atoms with E-state index in [9.17, 15) is 18.0 Å². The molecule has 3 aromatic rings. The Balaban J connectivity index is 1.44. The highest BCUT2D eigenvalue weighted by Gasteiger charge is 2.55. The van der Waals surface area contributed by atoms with Gasteiger partial charge in [-0.3, -0.25) is 4.79 Å². The van der Waals surface area contributed by atoms with Crippen molar-refractivity contribution in [1.82, 2.24) is 14.4 Å². The van der Waals surface area contributed by atoms with Gasteiger partial charge >= 0.3 is 6.18 Å². The van der Waals surface area contributed by atoms with Crippen LogP contribution in [0.1, 0.15) is 34.7 Å². The lowest BCUT2D eigenvalue weighted by atomic mass is 10.2. The molecule has 0 aromatic carbocycles. The van der Waals surface area contributed by atoms with Crippen LogP contribution in [0.25, 0.3) is 5.65 Å². The average molecular weight is 432 g/mol. The molecule has 3 aromatic heterocycles. The molecule has 5 rings (SSSR count). The van der Waals surface area contributed by atoms with E-state index in [1.165, 1.54) is 6.07 Å². The molecule has 2 fully saturated rings. The van der Waals surface area contributed by atoms with E-state index in [2.05, 4.69) is 10.3 Å². The molecule has 10 heteroatoms. The van der Waals surface area contributed by atoms with Crippen molar-refractivity contribution >= 4 is 17.2 Å². The summed E-state index contributed by atoms with van der Waals surface area (Å²) in [6.45, 7) is 3.72. The zero-order valence-corrected chi connectivity index (χ0v) is 16.5. The van der Waals surface area contributed by atoms with Crippen LogP contribution in [-0.2, 0) is 10.9 Å². The van der Waals surface area contributed by atoms with Gasteiger partial charge in [-0.05, 0) is 30.9 Å². The molecule has 162 valence electrons. The Bertz CT molecular complexity index is 1150. The smallest absolute Gasteiger partial charge is 0.433 e. The molecule has 1 amide bonds. The van der Waals surface area contributed by atoms with E-state index in [1.54, 1.807) is 16.7 Å². The number of nitrogens with one attached hydrogen (secondary N) is 1. The molecule has 3 atom stereocenters. The first kappa shape index (κ1) is 19.8. The van der Waals surface area contributed by atoms with Gasteiger partial charge in [-0.15, -0.1) is 0 Å². The van der Waals surface area contributed by atoms with Crippen molar-refractivity contribution < 1.29 is 27.4 Å². The Kier molecular flexibility index (Phi) is 4.62. The molecule has 1 N–H and O–H groups in total. The summed E-state index contributed by atoms with van der Waals surface area (Å²) in [5, 5.41) is 2.60. The summed E-state index contributed by atoms with van der Waals surface area (Å²) in [7, 11) is 0. The fourth-order valence-electron chi connectivity index (χ4n) is 4.17. The van der Waals surface area contributed by atoms with Crippen molar-refractivity contribution in [2.45, 2.75) is 19.0 Å². The van der Waals surface area contributed by atoms with Crippen LogP contribution in [0.3, 0.4) is 0 Å². The van der Waals surface area contributed by atoms with E-state index >= 15 is 0 Å². The topological polar surface area (TPSA) is 77.8 Å². The first-order valence-corrected chi connectivity index (χ1v) is 9.94. The Morgan fingerprint density at radius 3 is 2.74 bits per heavy atom. The number of aromatic nitrogens is 3. The molecule has 1 unspecified atom stereocenters. The Labute approximate surface area is 175 Å². The van der Waals surface area contributed by atoms with Gasteiger partial charge in [0.1, 0.15) is 11.4 Å². The van der Waals surface area contributed by atoms with Crippen LogP contribution in [0.15, 0.2) is 36.7 Å². The predicted octanol–water partition coefficient (Wildman–Crippen LogP) is 3.76. The molecule has 1 saturated heterocycles. The number of hydrogen-bond donors (Lipinski definition) is 1. The predicted molar refractivity (Wildman–Crippen MR) is 104 cm³/mol. The van der Waals surface area contributed by atoms with Gasteiger partial charge in [-0.25, -0.2) is 9.97 Å². The fourth-order valence-corrected chi connectivity index (χ4v) is 4.17. The molecule has 31 heavy (non-hydrogen) atoms. The normalized spacial score (nSPS) is 22.4. The van der Waals surface area contributed by atoms with E-state index in [1.807, 2.05) is 13.1 Å². The zero-order chi connectivity index (χ0) is 21.8. The number of carbonyl (C=O) groups is 1. The number of carbonyl (C=O) groups excluding carboxylic acids is 1. The zero-order valence-electron chi connectivity index (χ0n) is 16.5. The highest BCUT2D eigenvalue weighted by Crippen LogP contribution is 2.57. The standard InChI is InChI=1S/C21H19F3N4O3/c1-2-31-16-6-11(25-20(29)14-4-3-5-17(26-14)21(22,23)24)7-28-8-15(27-19(16)28)18-12-9-30-10-13(12)18/h3-8,12-13,18H,2,9-10H2,1H3,(H,25,29)/t12-,13+,18?. The van der Waals surface area contributed by atoms with Gasteiger partial charge in [0.2, 0.25) is 0 Å². The van der Waals surface area contributed by atoms with Crippen LogP contribution in [0.5, 0.6) is 5.75 Å². The Morgan fingerprint density at radius 2 is 2.03 bits per heavy atom. The van der Waals surface area contributed by atoms with Gasteiger partial charge in [0.25, 0.3) is 5.91 Å². The quantitative estimate of drug-likeness (QED) is 0.664. The van der Waals surface area contributed by atoms with Gasteiger partial charge in [0, 0.05) is 24.4 Å². The SMILES string of the molecule is CCOc1cc(NC(=O)c2cccc(C(F)(F)F)n2)cn2cc(C3[C@H]4COC[C@@H]34)nc12. The number of anilines is 1. The molecule has 0 radical (unpaired) electrons. The second-order valence-corrected chi connectivity index (χ2v) is 7.67. The minimum absolute atomic E-state index is 0.329. The lowest BCUT2D eigenvalue weighted by molar-refractivity contribution is -0.141. The first-order valence-electron chi connectivity index (χ1n) is 9.94. The summed E-state index contributed by atoms with van der Waals surface area (Å²) in [4.78, 5) is 20.7. The van der Waals surface area contributed by atoms with Crippen LogP contribution in [-0.4, -0.2) is 40.1 Å². The third kappa shape index (κ3) is 3.60. The van der Waals surface area contributed by atoms with Crippen LogP contribution in [0.2, 0.25) is 0 Å². The molecular weight excluding hydrogens is 413 g/mol. The van der Waals surface area contributed by atoms with Crippen LogP contribution >= 0.6 is 0 Å². The largest absolute Gasteiger partial charge is 0.490 e. The van der Waals surface area contributed by atoms with Gasteiger partial charge < -0.3 is 19.2 Å². The van der Waals surface area contributed by atoms with Crippen molar-refractivity contribution in [1.29, 1.82) is 0 Å². The second kappa shape index (κ2) is 7.23. The summed E-state index contributed by atoms with van der Waals surface area (Å²) < 4.78 is 51.6. The number of imidazole rings is 1. The third-order valence-electron chi connectivity index (χ3n) is 5.66. The highest BCUT2D eigenvalue weighted by atomic mass is 19.4. The lowest BCUT2D eigenvalue weighted by Gasteiger charge is -2.11. The molecule has 1 aliphatic carbocycles. The van der Waals surface area contributed by atoms with Gasteiger partial charge in [0.15, 0.2) is 11.4 Å². The maximum Gasteiger partial charge on any atom is 0.433 e. The van der Waals surface area contributed by atoms with E-state index < -0.39 is 17.8 Å². The molecule has 7 nitrogen and oxygen atoms in total. The number of amides is 1. The number of rotatable bonds is 5. The summed E-state index contributed by atoms with van der Waals surface area (Å²) in [6, 6.07) is 4.81. The monoisotopic (exact) mass is 432 g/mol. The van der Waals surface area contributed by atoms with Crippen LogP contribution in [0.4, 0.5) is 18.9 Å². The summed E-state index contributed by atoms with van der Waals surface area (Å²) in [5.74, 6) is 1.07. The number of alkyl halides is 3. The fraction of sp³-hybridized carbons (Fsp3) is 0.381. The molecule has 4 heterocycles. The minimum atomic E-state index is -4.63. The number of hydrogen-bond acceptors (Lipinski definition) is 5. The molecule has 2 aliphatic rings. The van der Waals surface area contributed by atoms with Crippen molar-refractivity contribution in [3.05, 3.63) is 53.7 Å². The molecule has 0 spiro atoms. The Hall–Kier alpha value is -3.14. The summed E-state index contributed by atoms with van der Waals surface area (Å²) >= 11 is 0. The molecular formula is C21H19F3N4O3. The van der Waals surface area contributed by atoms with E-state index in [4.69, 9.17) is 14.5 Å². The van der Waals surface area contributed by atoms with E-state index in [0.717, 1.165) is 31.0 Å². The van der Waals surface area contributed by atoms with Crippen molar-refractivity contribution in [3.63, 3.8) is 0 Å². The van der Waals surface area contributed by atoms with Crippen molar-refractivity contribution in [2.75, 3.05) is 25.1 Å². The minimum Gasteiger partial charge on any atom is -0.490 e.